The van der Waals surface area contributed by atoms with Crippen molar-refractivity contribution in [1.82, 2.24) is 29.9 Å². The Hall–Kier alpha value is -4.89. The Morgan fingerprint density at radius 3 is 2.32 bits per heavy atom. The topological polar surface area (TPSA) is 105 Å². The average Bonchev–Trinajstić information content (AvgIpc) is 2.97. The largest absolute Gasteiger partial charge is 0.493 e. The number of rotatable bonds is 5. The number of fused-ring (bicyclic) bond motifs is 2. The van der Waals surface area contributed by atoms with E-state index in [4.69, 9.17) is 14.6 Å². The number of halogens is 1. The Balaban J connectivity index is 0.00000294. The van der Waals surface area contributed by atoms with E-state index < -0.39 is 0 Å². The number of ether oxygens (including phenoxy) is 2. The summed E-state index contributed by atoms with van der Waals surface area (Å²) in [6.45, 7) is 0. The number of nitrogens with zero attached hydrogens (tertiary/aromatic N) is 6. The molecule has 0 aliphatic carbocycles. The first-order valence-corrected chi connectivity index (χ1v) is 11.4. The van der Waals surface area contributed by atoms with Crippen LogP contribution in [-0.4, -0.2) is 44.2 Å². The van der Waals surface area contributed by atoms with Crippen LogP contribution < -0.4 is 15.0 Å². The molecule has 0 amide bonds. The summed E-state index contributed by atoms with van der Waals surface area (Å²) in [5, 5.41) is 16.2. The Morgan fingerprint density at radius 2 is 1.55 bits per heavy atom. The highest BCUT2D eigenvalue weighted by atomic mass is 35.5. The average molecular weight is 525 g/mol. The van der Waals surface area contributed by atoms with Crippen LogP contribution in [-0.2, 0) is 0 Å². The van der Waals surface area contributed by atoms with Gasteiger partial charge in [-0.2, -0.15) is 14.9 Å². The second-order valence-corrected chi connectivity index (χ2v) is 8.24. The van der Waals surface area contributed by atoms with E-state index >= 15 is 0 Å². The van der Waals surface area contributed by atoms with Gasteiger partial charge < -0.3 is 9.47 Å². The standard InChI is InChI=1S/C28H20N6O3.ClH/c1-36-23-12-19-16-31-32-26(22(19)14-24(23)37-2)17-9-11-30-25(13-17)34-28(35)21-8-4-3-7-20(21)27(33-34)18-6-5-10-29-15-18;/h3-16H,1-2H3;1H. The number of hydrogen-bond donors (Lipinski definition) is 0. The zero-order chi connectivity index (χ0) is 25.4. The molecule has 0 spiro atoms. The molecule has 10 heteroatoms. The van der Waals surface area contributed by atoms with Gasteiger partial charge in [0.15, 0.2) is 17.3 Å². The van der Waals surface area contributed by atoms with Gasteiger partial charge in [0.1, 0.15) is 11.4 Å². The van der Waals surface area contributed by atoms with Gasteiger partial charge >= 0.3 is 0 Å². The molecule has 0 bridgehead atoms. The van der Waals surface area contributed by atoms with Gasteiger partial charge in [-0.3, -0.25) is 9.78 Å². The van der Waals surface area contributed by atoms with Crippen molar-refractivity contribution in [2.45, 2.75) is 0 Å². The first-order valence-electron chi connectivity index (χ1n) is 11.4. The smallest absolute Gasteiger partial charge is 0.280 e. The van der Waals surface area contributed by atoms with Crippen molar-refractivity contribution < 1.29 is 9.47 Å². The molecular formula is C28H21ClN6O3. The van der Waals surface area contributed by atoms with E-state index in [2.05, 4.69) is 20.2 Å². The molecule has 4 aromatic heterocycles. The van der Waals surface area contributed by atoms with Gasteiger partial charge in [0.2, 0.25) is 0 Å². The van der Waals surface area contributed by atoms with E-state index in [0.717, 1.165) is 27.3 Å². The van der Waals surface area contributed by atoms with Crippen molar-refractivity contribution in [2.75, 3.05) is 14.2 Å². The van der Waals surface area contributed by atoms with Crippen LogP contribution in [0.15, 0.2) is 90.2 Å². The molecule has 0 aliphatic heterocycles. The third-order valence-electron chi connectivity index (χ3n) is 6.14. The normalized spacial score (nSPS) is 10.8. The second-order valence-electron chi connectivity index (χ2n) is 8.24. The van der Waals surface area contributed by atoms with Crippen LogP contribution in [0.3, 0.4) is 0 Å². The van der Waals surface area contributed by atoms with Crippen molar-refractivity contribution in [3.05, 3.63) is 95.8 Å². The van der Waals surface area contributed by atoms with Gasteiger partial charge in [-0.25, -0.2) is 4.98 Å². The fraction of sp³-hybridized carbons (Fsp3) is 0.0714. The van der Waals surface area contributed by atoms with Crippen molar-refractivity contribution in [2.24, 2.45) is 0 Å². The molecule has 188 valence electrons. The first kappa shape index (κ1) is 24.8. The van der Waals surface area contributed by atoms with Crippen molar-refractivity contribution in [1.29, 1.82) is 0 Å². The monoisotopic (exact) mass is 524 g/mol. The zero-order valence-electron chi connectivity index (χ0n) is 20.4. The molecule has 0 fully saturated rings. The highest BCUT2D eigenvalue weighted by Crippen LogP contribution is 2.35. The molecule has 0 N–H and O–H groups in total. The molecule has 9 nitrogen and oxygen atoms in total. The molecule has 0 unspecified atom stereocenters. The van der Waals surface area contributed by atoms with Crippen LogP contribution in [0.25, 0.3) is 49.9 Å². The molecule has 0 aliphatic rings. The van der Waals surface area contributed by atoms with E-state index in [1.807, 2.05) is 48.5 Å². The Bertz CT molecular complexity index is 1840. The van der Waals surface area contributed by atoms with Crippen LogP contribution in [0, 0.1) is 0 Å². The maximum atomic E-state index is 13.5. The minimum absolute atomic E-state index is 0. The molecule has 0 saturated carbocycles. The van der Waals surface area contributed by atoms with Crippen LogP contribution in [0.5, 0.6) is 11.5 Å². The molecular weight excluding hydrogens is 504 g/mol. The molecule has 0 saturated heterocycles. The third-order valence-corrected chi connectivity index (χ3v) is 6.14. The summed E-state index contributed by atoms with van der Waals surface area (Å²) >= 11 is 0. The van der Waals surface area contributed by atoms with Crippen molar-refractivity contribution in [3.8, 4) is 39.8 Å². The Labute approximate surface area is 223 Å². The number of methoxy groups -OCH3 is 2. The highest BCUT2D eigenvalue weighted by molar-refractivity contribution is 5.96. The summed E-state index contributed by atoms with van der Waals surface area (Å²) in [5.41, 5.74) is 2.49. The molecule has 2 aromatic carbocycles. The predicted molar refractivity (Wildman–Crippen MR) is 147 cm³/mol. The SMILES string of the molecule is COc1cc2cnnc(-c3ccnc(-n4nc(-c5cccnc5)c5ccccc5c4=O)c3)c2cc1OC.Cl. The highest BCUT2D eigenvalue weighted by Gasteiger charge is 2.16. The predicted octanol–water partition coefficient (Wildman–Crippen LogP) is 4.89. The molecule has 0 radical (unpaired) electrons. The molecule has 6 aromatic rings. The second kappa shape index (κ2) is 10.2. The number of aromatic nitrogens is 6. The summed E-state index contributed by atoms with van der Waals surface area (Å²) in [6, 6.07) is 18.4. The minimum Gasteiger partial charge on any atom is -0.493 e. The van der Waals surface area contributed by atoms with Crippen LogP contribution in [0.1, 0.15) is 0 Å². The molecule has 4 heterocycles. The lowest BCUT2D eigenvalue weighted by molar-refractivity contribution is 0.356. The summed E-state index contributed by atoms with van der Waals surface area (Å²) < 4.78 is 12.2. The quantitative estimate of drug-likeness (QED) is 0.314. The molecule has 38 heavy (non-hydrogen) atoms. The molecule has 0 atom stereocenters. The maximum Gasteiger partial charge on any atom is 0.280 e. The van der Waals surface area contributed by atoms with Gasteiger partial charge in [0, 0.05) is 45.9 Å². The fourth-order valence-electron chi connectivity index (χ4n) is 4.36. The summed E-state index contributed by atoms with van der Waals surface area (Å²) in [6.07, 6.45) is 6.71. The van der Waals surface area contributed by atoms with E-state index in [9.17, 15) is 4.79 Å². The Morgan fingerprint density at radius 1 is 0.763 bits per heavy atom. The van der Waals surface area contributed by atoms with Crippen molar-refractivity contribution in [3.63, 3.8) is 0 Å². The fourth-order valence-corrected chi connectivity index (χ4v) is 4.36. The lowest BCUT2D eigenvalue weighted by Gasteiger charge is -2.13. The van der Waals surface area contributed by atoms with Crippen LogP contribution >= 0.6 is 12.4 Å². The van der Waals surface area contributed by atoms with Gasteiger partial charge in [0.05, 0.1) is 25.8 Å². The summed E-state index contributed by atoms with van der Waals surface area (Å²) in [5.74, 6) is 1.53. The van der Waals surface area contributed by atoms with E-state index in [0.29, 0.717) is 34.1 Å². The van der Waals surface area contributed by atoms with Gasteiger partial charge in [0.25, 0.3) is 5.56 Å². The molecule has 6 rings (SSSR count). The van der Waals surface area contributed by atoms with Gasteiger partial charge in [-0.1, -0.05) is 18.2 Å². The van der Waals surface area contributed by atoms with Gasteiger partial charge in [-0.05, 0) is 42.5 Å². The number of benzene rings is 2. The number of pyridine rings is 2. The summed E-state index contributed by atoms with van der Waals surface area (Å²) in [7, 11) is 3.17. The van der Waals surface area contributed by atoms with Crippen molar-refractivity contribution >= 4 is 34.0 Å². The Kier molecular flexibility index (Phi) is 6.68. The number of hydrogen-bond acceptors (Lipinski definition) is 8. The van der Waals surface area contributed by atoms with Gasteiger partial charge in [-0.15, -0.1) is 17.5 Å². The van der Waals surface area contributed by atoms with E-state index in [1.165, 1.54) is 4.68 Å². The zero-order valence-corrected chi connectivity index (χ0v) is 21.2. The maximum absolute atomic E-state index is 13.5. The van der Waals surface area contributed by atoms with E-state index in [-0.39, 0.29) is 18.0 Å². The lowest BCUT2D eigenvalue weighted by Crippen LogP contribution is -2.23. The van der Waals surface area contributed by atoms with Crippen LogP contribution in [0.2, 0.25) is 0 Å². The summed E-state index contributed by atoms with van der Waals surface area (Å²) in [4.78, 5) is 22.2. The minimum atomic E-state index is -0.275. The third kappa shape index (κ3) is 4.18. The van der Waals surface area contributed by atoms with Crippen LogP contribution in [0.4, 0.5) is 0 Å². The lowest BCUT2D eigenvalue weighted by atomic mass is 10.0. The van der Waals surface area contributed by atoms with E-state index in [1.54, 1.807) is 51.1 Å². The first-order chi connectivity index (χ1) is 18.2.